The minimum Gasteiger partial charge on any atom is -0.201 e. The molecule has 1 aliphatic rings. The van der Waals surface area contributed by atoms with Gasteiger partial charge in [-0.2, -0.15) is 0 Å². The Labute approximate surface area is 633 Å². The molecule has 12 aromatic rings. The van der Waals surface area contributed by atoms with Gasteiger partial charge in [0.05, 0.1) is 0 Å². The highest BCUT2D eigenvalue weighted by molar-refractivity contribution is 5.79. The number of hydrogen-bond acceptors (Lipinski definition) is 0. The van der Waals surface area contributed by atoms with Gasteiger partial charge in [-0.25, -0.2) is 18.3 Å². The van der Waals surface area contributed by atoms with Gasteiger partial charge < -0.3 is 0 Å². The molecule has 4 aromatic heterocycles. The zero-order chi connectivity index (χ0) is 75.7. The van der Waals surface area contributed by atoms with Gasteiger partial charge >= 0.3 is 0 Å². The van der Waals surface area contributed by atoms with Crippen molar-refractivity contribution in [3.63, 3.8) is 0 Å². The van der Waals surface area contributed by atoms with Crippen LogP contribution in [0, 0.1) is 94.4 Å². The molecule has 0 radical (unpaired) electrons. The third-order valence-corrected chi connectivity index (χ3v) is 21.8. The summed E-state index contributed by atoms with van der Waals surface area (Å²) in [5.74, 6) is 1.97. The molecule has 0 aliphatic heterocycles. The van der Waals surface area contributed by atoms with E-state index in [4.69, 9.17) is 0 Å². The van der Waals surface area contributed by atoms with Gasteiger partial charge in [-0.15, -0.1) is 0 Å². The standard InChI is InChI=1S/C26H30N.C26H32N.C25H30N.C24H28N/c1-18-14-19(2)24(16-23(18)21-10-6-5-7-11-21)26-15-20(3)25(17-27(26)4)22-12-8-9-13-22;1-18-10-8-9-11-23(18)21-13-12-19(2)24(15-21)25-14-20(3)22(17-27(25)7)16-26(4,5)6;1-17(2)13-22-16-26(6)25(14-20(22)5)24-15-21(12-11-19(24)4)23-10-8-7-9-18(23)3;1-16(2)23-15-25(6)24(13-19(23)5)22-14-20(12-11-18(22)4)21-10-8-7-9-17(21)3/h5-7,10-11,14-17,22H,8-9,12-13H2,1-4H3;8-15,17H,16H2,1-7H3;7-12,14-17H,13H2,1-6H3;7-16H,1-6H3/q4*+1. The van der Waals surface area contributed by atoms with Gasteiger partial charge in [0.25, 0.3) is 0 Å². The Morgan fingerprint density at radius 2 is 0.676 bits per heavy atom. The van der Waals surface area contributed by atoms with Crippen LogP contribution in [0.3, 0.4) is 0 Å². The predicted octanol–water partition coefficient (Wildman–Crippen LogP) is 24.6. The second kappa shape index (κ2) is 34.1. The van der Waals surface area contributed by atoms with E-state index in [0.717, 1.165) is 18.8 Å². The summed E-state index contributed by atoms with van der Waals surface area (Å²) >= 11 is 0. The molecule has 13 rings (SSSR count). The molecule has 4 nitrogen and oxygen atoms in total. The summed E-state index contributed by atoms with van der Waals surface area (Å²) in [5, 5.41) is 0. The molecule has 0 atom stereocenters. The van der Waals surface area contributed by atoms with Crippen molar-refractivity contribution in [2.24, 2.45) is 39.5 Å². The maximum absolute atomic E-state index is 2.40. The van der Waals surface area contributed by atoms with Crippen molar-refractivity contribution in [1.82, 2.24) is 0 Å². The summed E-state index contributed by atoms with van der Waals surface area (Å²) in [6, 6.07) is 71.2. The number of aromatic nitrogens is 4. The summed E-state index contributed by atoms with van der Waals surface area (Å²) in [6.45, 7) is 42.6. The van der Waals surface area contributed by atoms with Crippen molar-refractivity contribution in [1.29, 1.82) is 0 Å². The molecule has 4 heteroatoms. The Balaban J connectivity index is 0.000000150. The van der Waals surface area contributed by atoms with Crippen molar-refractivity contribution in [2.75, 3.05) is 0 Å². The van der Waals surface area contributed by atoms with Crippen LogP contribution in [0.15, 0.2) is 219 Å². The van der Waals surface area contributed by atoms with Crippen molar-refractivity contribution >= 4 is 0 Å². The third-order valence-electron chi connectivity index (χ3n) is 21.8. The molecule has 0 bridgehead atoms. The number of benzene rings is 8. The Morgan fingerprint density at radius 1 is 0.314 bits per heavy atom. The van der Waals surface area contributed by atoms with Crippen molar-refractivity contribution in [3.8, 4) is 89.5 Å². The van der Waals surface area contributed by atoms with Gasteiger partial charge in [0.2, 0.25) is 22.8 Å². The lowest BCUT2D eigenvalue weighted by Gasteiger charge is -2.19. The minimum atomic E-state index is 0.292. The summed E-state index contributed by atoms with van der Waals surface area (Å²) in [4.78, 5) is 0. The molecule has 0 saturated heterocycles. The first-order chi connectivity index (χ1) is 49.9. The second-order valence-electron chi connectivity index (χ2n) is 32.6. The van der Waals surface area contributed by atoms with Crippen LogP contribution in [-0.2, 0) is 41.0 Å². The van der Waals surface area contributed by atoms with Crippen LogP contribution < -0.4 is 18.3 Å². The maximum atomic E-state index is 2.40. The molecule has 0 amide bonds. The molecule has 0 N–H and O–H groups in total. The number of nitrogens with zero attached hydrogens (tertiary/aromatic N) is 4. The van der Waals surface area contributed by atoms with Crippen molar-refractivity contribution in [2.45, 2.75) is 182 Å². The highest BCUT2D eigenvalue weighted by Gasteiger charge is 2.27. The molecule has 8 aromatic carbocycles. The van der Waals surface area contributed by atoms with E-state index in [1.54, 1.807) is 5.56 Å². The van der Waals surface area contributed by atoms with Gasteiger partial charge in [-0.3, -0.25) is 0 Å². The molecular weight excluding hydrogens is 1270 g/mol. The number of pyridine rings is 4. The van der Waals surface area contributed by atoms with Crippen LogP contribution >= 0.6 is 0 Å². The fraction of sp³-hybridized carbons (Fsp3) is 0.327. The van der Waals surface area contributed by atoms with Gasteiger partial charge in [0.1, 0.15) is 28.2 Å². The molecule has 1 aliphatic carbocycles. The Hall–Kier alpha value is -9.64. The smallest absolute Gasteiger partial charge is 0.201 e. The van der Waals surface area contributed by atoms with Gasteiger partial charge in [0, 0.05) is 68.8 Å². The van der Waals surface area contributed by atoms with Crippen LogP contribution in [0.2, 0.25) is 0 Å². The molecule has 1 saturated carbocycles. The van der Waals surface area contributed by atoms with Crippen molar-refractivity contribution < 1.29 is 18.3 Å². The average Bonchev–Trinajstić information content (AvgIpc) is 1.22. The first kappa shape index (κ1) is 78.0. The predicted molar refractivity (Wildman–Crippen MR) is 448 cm³/mol. The first-order valence-corrected chi connectivity index (χ1v) is 38.6. The quantitative estimate of drug-likeness (QED) is 0.102. The van der Waals surface area contributed by atoms with Crippen LogP contribution in [0.25, 0.3) is 89.5 Å². The van der Waals surface area contributed by atoms with Gasteiger partial charge in [-0.1, -0.05) is 207 Å². The lowest BCUT2D eigenvalue weighted by Crippen LogP contribution is -2.32. The van der Waals surface area contributed by atoms with E-state index in [-0.39, 0.29) is 0 Å². The summed E-state index contributed by atoms with van der Waals surface area (Å²) in [5.41, 5.74) is 43.0. The number of rotatable bonds is 13. The summed E-state index contributed by atoms with van der Waals surface area (Å²) < 4.78 is 9.19. The average molecular weight is 1390 g/mol. The normalized spacial score (nSPS) is 12.2. The molecule has 0 unspecified atom stereocenters. The first-order valence-electron chi connectivity index (χ1n) is 38.6. The van der Waals surface area contributed by atoms with E-state index < -0.39 is 0 Å². The molecule has 0 spiro atoms. The SMILES string of the molecule is Cc1cc(-c2cc(-c3ccccc3C)ccc2C)[n+](C)cc1CC(C)(C)C.Cc1cc(-c2cc(-c3ccccc3C)ccc2C)[n+](C)cc1CC(C)C.Cc1cc(C)c(-c2cc(C)c(C3CCCC3)c[n+]2C)cc1-c1ccccc1.Cc1ccccc1-c1ccc(C)c(-c2cc(C)c(C(C)C)c[n+]2C)c1. The van der Waals surface area contributed by atoms with Gasteiger partial charge in [0.15, 0.2) is 24.8 Å². The minimum absolute atomic E-state index is 0.292. The van der Waals surface area contributed by atoms with Crippen LogP contribution in [0.1, 0.15) is 175 Å². The van der Waals surface area contributed by atoms with E-state index >= 15 is 0 Å². The topological polar surface area (TPSA) is 15.5 Å². The number of hydrogen-bond donors (Lipinski definition) is 0. The maximum Gasteiger partial charge on any atom is 0.212 e. The zero-order valence-corrected chi connectivity index (χ0v) is 68.0. The fourth-order valence-electron chi connectivity index (χ4n) is 15.8. The molecule has 4 heterocycles. The summed E-state index contributed by atoms with van der Waals surface area (Å²) in [6.07, 6.45) is 17.0. The second-order valence-corrected chi connectivity index (χ2v) is 32.6. The lowest BCUT2D eigenvalue weighted by atomic mass is 9.86. The molecule has 105 heavy (non-hydrogen) atoms. The van der Waals surface area contributed by atoms with E-state index in [0.29, 0.717) is 17.3 Å². The molecular formula is C101H120N4+4. The Bertz CT molecular complexity index is 5060. The van der Waals surface area contributed by atoms with E-state index in [2.05, 4.69) is 397 Å². The van der Waals surface area contributed by atoms with E-state index in [1.807, 2.05) is 0 Å². The zero-order valence-electron chi connectivity index (χ0n) is 68.0. The highest BCUT2D eigenvalue weighted by Crippen LogP contribution is 2.39. The van der Waals surface area contributed by atoms with Gasteiger partial charge in [-0.05, 0) is 267 Å². The van der Waals surface area contributed by atoms with Crippen LogP contribution in [-0.4, -0.2) is 0 Å². The molecule has 540 valence electrons. The fourth-order valence-corrected chi connectivity index (χ4v) is 15.8. The monoisotopic (exact) mass is 1390 g/mol. The van der Waals surface area contributed by atoms with Crippen LogP contribution in [0.5, 0.6) is 0 Å². The third kappa shape index (κ3) is 18.9. The number of aryl methyl sites for hydroxylation is 16. The molecule has 1 fully saturated rings. The lowest BCUT2D eigenvalue weighted by molar-refractivity contribution is -0.661. The van der Waals surface area contributed by atoms with E-state index in [9.17, 15) is 0 Å². The largest absolute Gasteiger partial charge is 0.212 e. The Morgan fingerprint density at radius 3 is 1.10 bits per heavy atom. The van der Waals surface area contributed by atoms with Crippen LogP contribution in [0.4, 0.5) is 0 Å². The van der Waals surface area contributed by atoms with Crippen molar-refractivity contribution in [3.05, 3.63) is 308 Å². The highest BCUT2D eigenvalue weighted by atomic mass is 14.9. The Kier molecular flexibility index (Phi) is 25.3. The summed E-state index contributed by atoms with van der Waals surface area (Å²) in [7, 11) is 8.69. The van der Waals surface area contributed by atoms with E-state index in [1.165, 1.54) is 199 Å².